The SMILES string of the molecule is CC[C@H](OC[C@H](O)CN1CCCC[C@H]1C)c1ccccc1. The van der Waals surface area contributed by atoms with E-state index in [0.29, 0.717) is 12.6 Å². The van der Waals surface area contributed by atoms with E-state index < -0.39 is 6.10 Å². The summed E-state index contributed by atoms with van der Waals surface area (Å²) in [5.74, 6) is 0. The second-order valence-corrected chi connectivity index (χ2v) is 6.13. The van der Waals surface area contributed by atoms with Gasteiger partial charge in [0, 0.05) is 12.6 Å². The summed E-state index contributed by atoms with van der Waals surface area (Å²) in [6, 6.07) is 10.9. The predicted molar refractivity (Wildman–Crippen MR) is 86.3 cm³/mol. The normalized spacial score (nSPS) is 22.9. The van der Waals surface area contributed by atoms with Gasteiger partial charge in [-0.3, -0.25) is 4.90 Å². The predicted octanol–water partition coefficient (Wildman–Crippen LogP) is 3.39. The minimum absolute atomic E-state index is 0.0830. The van der Waals surface area contributed by atoms with Crippen molar-refractivity contribution in [3.8, 4) is 0 Å². The van der Waals surface area contributed by atoms with E-state index in [9.17, 15) is 5.11 Å². The van der Waals surface area contributed by atoms with E-state index in [2.05, 4.69) is 30.9 Å². The van der Waals surface area contributed by atoms with Crippen LogP contribution < -0.4 is 0 Å². The molecule has 3 nitrogen and oxygen atoms in total. The van der Waals surface area contributed by atoms with Crippen molar-refractivity contribution >= 4 is 0 Å². The third-order valence-electron chi connectivity index (χ3n) is 4.42. The molecular formula is C18H29NO2. The molecule has 0 aromatic heterocycles. The van der Waals surface area contributed by atoms with Gasteiger partial charge in [-0.1, -0.05) is 43.7 Å². The molecule has 3 atom stereocenters. The van der Waals surface area contributed by atoms with Crippen molar-refractivity contribution in [2.75, 3.05) is 19.7 Å². The van der Waals surface area contributed by atoms with Crippen LogP contribution in [0.5, 0.6) is 0 Å². The summed E-state index contributed by atoms with van der Waals surface area (Å²) in [6.45, 7) is 6.62. The van der Waals surface area contributed by atoms with Crippen LogP contribution in [0.3, 0.4) is 0 Å². The van der Waals surface area contributed by atoms with Crippen molar-refractivity contribution in [2.24, 2.45) is 0 Å². The van der Waals surface area contributed by atoms with Crippen LogP contribution >= 0.6 is 0 Å². The zero-order valence-electron chi connectivity index (χ0n) is 13.4. The van der Waals surface area contributed by atoms with Gasteiger partial charge in [0.2, 0.25) is 0 Å². The van der Waals surface area contributed by atoms with E-state index >= 15 is 0 Å². The maximum atomic E-state index is 10.2. The van der Waals surface area contributed by atoms with E-state index in [1.54, 1.807) is 0 Å². The van der Waals surface area contributed by atoms with Gasteiger partial charge >= 0.3 is 0 Å². The minimum Gasteiger partial charge on any atom is -0.389 e. The molecule has 3 heteroatoms. The highest BCUT2D eigenvalue weighted by molar-refractivity contribution is 5.17. The molecule has 1 heterocycles. The van der Waals surface area contributed by atoms with E-state index in [1.165, 1.54) is 24.8 Å². The Morgan fingerprint density at radius 1 is 1.29 bits per heavy atom. The van der Waals surface area contributed by atoms with Gasteiger partial charge in [0.25, 0.3) is 0 Å². The van der Waals surface area contributed by atoms with Crippen molar-refractivity contribution in [1.82, 2.24) is 4.90 Å². The molecule has 1 saturated heterocycles. The maximum absolute atomic E-state index is 10.2. The number of nitrogens with zero attached hydrogens (tertiary/aromatic N) is 1. The Balaban J connectivity index is 1.78. The fourth-order valence-electron chi connectivity index (χ4n) is 3.10. The topological polar surface area (TPSA) is 32.7 Å². The fraction of sp³-hybridized carbons (Fsp3) is 0.667. The van der Waals surface area contributed by atoms with Gasteiger partial charge in [-0.2, -0.15) is 0 Å². The summed E-state index contributed by atoms with van der Waals surface area (Å²) in [6.07, 6.45) is 4.42. The first-order valence-corrected chi connectivity index (χ1v) is 8.29. The number of ether oxygens (including phenoxy) is 1. The summed E-state index contributed by atoms with van der Waals surface area (Å²) in [7, 11) is 0. The van der Waals surface area contributed by atoms with E-state index in [0.717, 1.165) is 19.5 Å². The molecule has 1 N–H and O–H groups in total. The highest BCUT2D eigenvalue weighted by Crippen LogP contribution is 2.21. The summed E-state index contributed by atoms with van der Waals surface area (Å²) in [4.78, 5) is 2.39. The average molecular weight is 291 g/mol. The van der Waals surface area contributed by atoms with Crippen LogP contribution in [0.4, 0.5) is 0 Å². The summed E-state index contributed by atoms with van der Waals surface area (Å²) < 4.78 is 5.94. The molecular weight excluding hydrogens is 262 g/mol. The highest BCUT2D eigenvalue weighted by atomic mass is 16.5. The molecule has 0 bridgehead atoms. The molecule has 21 heavy (non-hydrogen) atoms. The van der Waals surface area contributed by atoms with Crippen LogP contribution in [-0.2, 0) is 4.74 Å². The maximum Gasteiger partial charge on any atom is 0.0900 e. The summed E-state index contributed by atoms with van der Waals surface area (Å²) in [5.41, 5.74) is 1.19. The molecule has 0 amide bonds. The van der Waals surface area contributed by atoms with Crippen molar-refractivity contribution in [2.45, 2.75) is 57.8 Å². The van der Waals surface area contributed by atoms with E-state index in [-0.39, 0.29) is 6.10 Å². The first-order valence-electron chi connectivity index (χ1n) is 8.29. The molecule has 0 spiro atoms. The van der Waals surface area contributed by atoms with E-state index in [4.69, 9.17) is 4.74 Å². The number of rotatable bonds is 7. The molecule has 0 aliphatic carbocycles. The third kappa shape index (κ3) is 5.10. The number of aliphatic hydroxyl groups is 1. The molecule has 1 aliphatic rings. The van der Waals surface area contributed by atoms with Crippen LogP contribution in [0.15, 0.2) is 30.3 Å². The molecule has 1 fully saturated rings. The minimum atomic E-state index is -0.400. The zero-order chi connectivity index (χ0) is 15.1. The largest absolute Gasteiger partial charge is 0.389 e. The first kappa shape index (κ1) is 16.5. The van der Waals surface area contributed by atoms with Gasteiger partial charge in [0.1, 0.15) is 0 Å². The van der Waals surface area contributed by atoms with Crippen molar-refractivity contribution in [1.29, 1.82) is 0 Å². The molecule has 1 aromatic carbocycles. The van der Waals surface area contributed by atoms with Crippen LogP contribution in [-0.4, -0.2) is 41.8 Å². The van der Waals surface area contributed by atoms with Gasteiger partial charge in [-0.05, 0) is 38.3 Å². The number of likely N-dealkylation sites (tertiary alicyclic amines) is 1. The standard InChI is InChI=1S/C18H29NO2/c1-3-18(16-10-5-4-6-11-16)21-14-17(20)13-19-12-8-7-9-15(19)2/h4-6,10-11,15,17-18,20H,3,7-9,12-14H2,1-2H3/t15-,17-,18+/m1/s1. The first-order chi connectivity index (χ1) is 10.2. The smallest absolute Gasteiger partial charge is 0.0900 e. The lowest BCUT2D eigenvalue weighted by Gasteiger charge is -2.34. The Morgan fingerprint density at radius 3 is 2.71 bits per heavy atom. The van der Waals surface area contributed by atoms with Gasteiger partial charge in [-0.25, -0.2) is 0 Å². The second-order valence-electron chi connectivity index (χ2n) is 6.13. The lowest BCUT2D eigenvalue weighted by Crippen LogP contribution is -2.43. The molecule has 0 radical (unpaired) electrons. The van der Waals surface area contributed by atoms with Gasteiger partial charge < -0.3 is 9.84 Å². The Hall–Kier alpha value is -0.900. The lowest BCUT2D eigenvalue weighted by molar-refractivity contribution is -0.0303. The van der Waals surface area contributed by atoms with Crippen LogP contribution in [0.1, 0.15) is 51.2 Å². The molecule has 2 rings (SSSR count). The number of hydrogen-bond acceptors (Lipinski definition) is 3. The molecule has 118 valence electrons. The zero-order valence-corrected chi connectivity index (χ0v) is 13.4. The Kier molecular flexibility index (Phi) is 6.68. The Labute approximate surface area is 128 Å². The van der Waals surface area contributed by atoms with Crippen LogP contribution in [0.25, 0.3) is 0 Å². The Bertz CT molecular complexity index is 395. The lowest BCUT2D eigenvalue weighted by atomic mass is 10.0. The van der Waals surface area contributed by atoms with Crippen molar-refractivity contribution < 1.29 is 9.84 Å². The van der Waals surface area contributed by atoms with E-state index in [1.807, 2.05) is 18.2 Å². The van der Waals surface area contributed by atoms with Gasteiger partial charge in [0.05, 0.1) is 18.8 Å². The molecule has 1 aromatic rings. The number of benzene rings is 1. The molecule has 0 unspecified atom stereocenters. The highest BCUT2D eigenvalue weighted by Gasteiger charge is 2.21. The number of β-amino-alcohol motifs (C(OH)–C–C–N with tert-alkyl or cyclic N) is 1. The molecule has 0 saturated carbocycles. The number of piperidine rings is 1. The average Bonchev–Trinajstić information content (AvgIpc) is 2.51. The van der Waals surface area contributed by atoms with Crippen molar-refractivity contribution in [3.63, 3.8) is 0 Å². The monoisotopic (exact) mass is 291 g/mol. The summed E-state index contributed by atoms with van der Waals surface area (Å²) in [5, 5.41) is 10.2. The quantitative estimate of drug-likeness (QED) is 0.836. The summed E-state index contributed by atoms with van der Waals surface area (Å²) >= 11 is 0. The number of aliphatic hydroxyl groups excluding tert-OH is 1. The van der Waals surface area contributed by atoms with Crippen LogP contribution in [0, 0.1) is 0 Å². The van der Waals surface area contributed by atoms with Crippen LogP contribution in [0.2, 0.25) is 0 Å². The second kappa shape index (κ2) is 8.52. The Morgan fingerprint density at radius 2 is 2.05 bits per heavy atom. The van der Waals surface area contributed by atoms with Gasteiger partial charge in [0.15, 0.2) is 0 Å². The third-order valence-corrected chi connectivity index (χ3v) is 4.42. The van der Waals surface area contributed by atoms with Crippen molar-refractivity contribution in [3.05, 3.63) is 35.9 Å². The number of hydrogen-bond donors (Lipinski definition) is 1. The van der Waals surface area contributed by atoms with Gasteiger partial charge in [-0.15, -0.1) is 0 Å². The molecule has 1 aliphatic heterocycles. The fourth-order valence-corrected chi connectivity index (χ4v) is 3.10.